The first-order valence-electron chi connectivity index (χ1n) is 6.36. The van der Waals surface area contributed by atoms with Gasteiger partial charge in [0, 0.05) is 23.1 Å². The predicted octanol–water partition coefficient (Wildman–Crippen LogP) is 3.07. The summed E-state index contributed by atoms with van der Waals surface area (Å²) in [5.74, 6) is 1.98. The van der Waals surface area contributed by atoms with Crippen molar-refractivity contribution in [3.63, 3.8) is 0 Å². The zero-order valence-corrected chi connectivity index (χ0v) is 12.0. The first kappa shape index (κ1) is 12.6. The Bertz CT molecular complexity index is 477. The Balaban J connectivity index is 1.93. The molecule has 0 aromatic heterocycles. The average Bonchev–Trinajstić information content (AvgIpc) is 2.87. The molecule has 2 atom stereocenters. The highest BCUT2D eigenvalue weighted by atomic mass is 35.5. The fourth-order valence-electron chi connectivity index (χ4n) is 2.81. The van der Waals surface area contributed by atoms with Gasteiger partial charge in [0.1, 0.15) is 5.75 Å². The summed E-state index contributed by atoms with van der Waals surface area (Å²) in [6.07, 6.45) is 2.41. The fraction of sp³-hybridized carbons (Fsp3) is 0.571. The third-order valence-corrected chi connectivity index (χ3v) is 5.58. The molecule has 1 fully saturated rings. The minimum absolute atomic E-state index is 0.272. The normalized spacial score (nSPS) is 30.3. The maximum Gasteiger partial charge on any atom is 0.126 e. The van der Waals surface area contributed by atoms with Gasteiger partial charge in [0.25, 0.3) is 0 Å². The van der Waals surface area contributed by atoms with Crippen molar-refractivity contribution in [2.24, 2.45) is 0 Å². The smallest absolute Gasteiger partial charge is 0.126 e. The molecule has 0 saturated carbocycles. The van der Waals surface area contributed by atoms with Gasteiger partial charge in [-0.15, -0.1) is 0 Å². The van der Waals surface area contributed by atoms with Crippen LogP contribution in [0.5, 0.6) is 5.75 Å². The third kappa shape index (κ3) is 2.13. The van der Waals surface area contributed by atoms with Crippen molar-refractivity contribution in [3.8, 4) is 5.75 Å². The highest BCUT2D eigenvalue weighted by molar-refractivity contribution is 8.00. The van der Waals surface area contributed by atoms with Gasteiger partial charge in [-0.05, 0) is 35.4 Å². The molecular weight excluding hydrogens is 268 g/mol. The van der Waals surface area contributed by atoms with Gasteiger partial charge in [-0.25, -0.2) is 0 Å². The minimum atomic E-state index is -0.616. The Morgan fingerprint density at radius 1 is 1.56 bits per heavy atom. The molecule has 0 amide bonds. The van der Waals surface area contributed by atoms with Gasteiger partial charge in [0.05, 0.1) is 12.2 Å². The molecule has 0 aliphatic carbocycles. The van der Waals surface area contributed by atoms with Crippen molar-refractivity contribution in [2.45, 2.75) is 37.0 Å². The summed E-state index contributed by atoms with van der Waals surface area (Å²) in [6, 6.07) is 3.92. The van der Waals surface area contributed by atoms with Crippen LogP contribution in [0, 0.1) is 0 Å². The molecule has 1 aromatic carbocycles. The number of fused-ring (bicyclic) bond motifs is 1. The van der Waals surface area contributed by atoms with E-state index in [1.807, 2.05) is 23.9 Å². The van der Waals surface area contributed by atoms with Crippen LogP contribution in [-0.2, 0) is 12.8 Å². The van der Waals surface area contributed by atoms with Crippen LogP contribution in [0.3, 0.4) is 0 Å². The number of halogens is 1. The Labute approximate surface area is 117 Å². The standard InChI is InChI=1S/C14H17ClO2S/c1-9-14(16,3-5-18-9)8-11-7-12(15)6-10-2-4-17-13(10)11/h6-7,9,16H,2-5,8H2,1H3. The summed E-state index contributed by atoms with van der Waals surface area (Å²) in [6.45, 7) is 2.83. The number of hydrogen-bond acceptors (Lipinski definition) is 3. The lowest BCUT2D eigenvalue weighted by molar-refractivity contribution is 0.0458. The minimum Gasteiger partial charge on any atom is -0.493 e. The number of thioether (sulfide) groups is 1. The Morgan fingerprint density at radius 3 is 3.11 bits per heavy atom. The molecule has 1 N–H and O–H groups in total. The Kier molecular flexibility index (Phi) is 3.25. The molecule has 2 nitrogen and oxygen atoms in total. The van der Waals surface area contributed by atoms with Crippen molar-refractivity contribution in [1.82, 2.24) is 0 Å². The van der Waals surface area contributed by atoms with Gasteiger partial charge in [-0.1, -0.05) is 18.5 Å². The lowest BCUT2D eigenvalue weighted by Gasteiger charge is -2.27. The van der Waals surface area contributed by atoms with E-state index in [1.54, 1.807) is 0 Å². The van der Waals surface area contributed by atoms with Crippen molar-refractivity contribution < 1.29 is 9.84 Å². The Morgan fingerprint density at radius 2 is 2.39 bits per heavy atom. The summed E-state index contributed by atoms with van der Waals surface area (Å²) in [5, 5.41) is 11.7. The molecule has 98 valence electrons. The summed E-state index contributed by atoms with van der Waals surface area (Å²) < 4.78 is 5.70. The highest BCUT2D eigenvalue weighted by Crippen LogP contribution is 2.41. The number of ether oxygens (including phenoxy) is 1. The van der Waals surface area contributed by atoms with Crippen LogP contribution >= 0.6 is 23.4 Å². The van der Waals surface area contributed by atoms with Gasteiger partial charge in [-0.2, -0.15) is 11.8 Å². The van der Waals surface area contributed by atoms with Crippen molar-refractivity contribution in [2.75, 3.05) is 12.4 Å². The topological polar surface area (TPSA) is 29.5 Å². The lowest BCUT2D eigenvalue weighted by atomic mass is 9.88. The van der Waals surface area contributed by atoms with E-state index in [2.05, 4.69) is 6.92 Å². The van der Waals surface area contributed by atoms with E-state index in [-0.39, 0.29) is 5.25 Å². The molecule has 0 radical (unpaired) electrons. The maximum atomic E-state index is 10.7. The first-order valence-corrected chi connectivity index (χ1v) is 7.79. The van der Waals surface area contributed by atoms with E-state index >= 15 is 0 Å². The number of hydrogen-bond donors (Lipinski definition) is 1. The highest BCUT2D eigenvalue weighted by Gasteiger charge is 2.40. The van der Waals surface area contributed by atoms with Crippen LogP contribution in [-0.4, -0.2) is 28.3 Å². The van der Waals surface area contributed by atoms with Crippen LogP contribution < -0.4 is 4.74 Å². The third-order valence-electron chi connectivity index (χ3n) is 3.98. The van der Waals surface area contributed by atoms with Crippen molar-refractivity contribution in [3.05, 3.63) is 28.3 Å². The summed E-state index contributed by atoms with van der Waals surface area (Å²) in [5.41, 5.74) is 1.63. The quantitative estimate of drug-likeness (QED) is 0.905. The Hall–Kier alpha value is -0.380. The lowest BCUT2D eigenvalue weighted by Crippen LogP contribution is -2.37. The first-order chi connectivity index (χ1) is 8.58. The molecule has 2 heterocycles. The molecule has 2 unspecified atom stereocenters. The van der Waals surface area contributed by atoms with Crippen molar-refractivity contribution in [1.29, 1.82) is 0 Å². The van der Waals surface area contributed by atoms with E-state index < -0.39 is 5.60 Å². The van der Waals surface area contributed by atoms with Crippen LogP contribution in [0.15, 0.2) is 12.1 Å². The number of rotatable bonds is 2. The number of aliphatic hydroxyl groups is 1. The van der Waals surface area contributed by atoms with E-state index in [1.165, 1.54) is 5.56 Å². The summed E-state index contributed by atoms with van der Waals surface area (Å²) >= 11 is 7.99. The largest absolute Gasteiger partial charge is 0.493 e. The molecule has 2 aliphatic heterocycles. The molecular formula is C14H17ClO2S. The van der Waals surface area contributed by atoms with E-state index in [0.29, 0.717) is 6.42 Å². The fourth-order valence-corrected chi connectivity index (χ4v) is 4.41. The van der Waals surface area contributed by atoms with E-state index in [9.17, 15) is 5.11 Å². The van der Waals surface area contributed by atoms with Crippen molar-refractivity contribution >= 4 is 23.4 Å². The second-order valence-corrected chi connectivity index (χ2v) is 7.08. The monoisotopic (exact) mass is 284 g/mol. The van der Waals surface area contributed by atoms with Gasteiger partial charge >= 0.3 is 0 Å². The number of benzene rings is 1. The molecule has 2 aliphatic rings. The summed E-state index contributed by atoms with van der Waals surface area (Å²) in [4.78, 5) is 0. The van der Waals surface area contributed by atoms with Crippen LogP contribution in [0.4, 0.5) is 0 Å². The van der Waals surface area contributed by atoms with Gasteiger partial charge in [-0.3, -0.25) is 0 Å². The summed E-state index contributed by atoms with van der Waals surface area (Å²) in [7, 11) is 0. The molecule has 4 heteroatoms. The molecule has 3 rings (SSSR count). The van der Waals surface area contributed by atoms with Gasteiger partial charge < -0.3 is 9.84 Å². The molecule has 0 spiro atoms. The molecule has 1 aromatic rings. The molecule has 1 saturated heterocycles. The van der Waals surface area contributed by atoms with Crippen LogP contribution in [0.1, 0.15) is 24.5 Å². The molecule has 18 heavy (non-hydrogen) atoms. The van der Waals surface area contributed by atoms with Crippen LogP contribution in [0.25, 0.3) is 0 Å². The van der Waals surface area contributed by atoms with E-state index in [4.69, 9.17) is 16.3 Å². The van der Waals surface area contributed by atoms with Crippen LogP contribution in [0.2, 0.25) is 5.02 Å². The van der Waals surface area contributed by atoms with E-state index in [0.717, 1.165) is 41.5 Å². The SMILES string of the molecule is CC1SCCC1(O)Cc1cc(Cl)cc2c1OCC2. The second-order valence-electron chi connectivity index (χ2n) is 5.19. The van der Waals surface area contributed by atoms with Gasteiger partial charge in [0.15, 0.2) is 0 Å². The van der Waals surface area contributed by atoms with Gasteiger partial charge in [0.2, 0.25) is 0 Å². The second kappa shape index (κ2) is 4.62. The molecule has 0 bridgehead atoms. The average molecular weight is 285 g/mol. The predicted molar refractivity (Wildman–Crippen MR) is 75.8 cm³/mol. The zero-order chi connectivity index (χ0) is 12.8. The maximum absolute atomic E-state index is 10.7. The zero-order valence-electron chi connectivity index (χ0n) is 10.4.